The number of hydrogen-bond donors (Lipinski definition) is 1. The van der Waals surface area contributed by atoms with Crippen molar-refractivity contribution in [1.82, 2.24) is 14.8 Å². The van der Waals surface area contributed by atoms with Gasteiger partial charge < -0.3 is 14.8 Å². The highest BCUT2D eigenvalue weighted by molar-refractivity contribution is 5.96. The Hall–Kier alpha value is -2.63. The molecule has 0 radical (unpaired) electrons. The number of benzene rings is 1. The number of nitrogens with zero attached hydrogens (tertiary/aromatic N) is 2. The second kappa shape index (κ2) is 6.47. The highest BCUT2D eigenvalue weighted by Gasteiger charge is 2.26. The van der Waals surface area contributed by atoms with Crippen LogP contribution in [0.3, 0.4) is 0 Å². The molecule has 3 rings (SSSR count). The molecule has 2 aromatic rings. The van der Waals surface area contributed by atoms with Gasteiger partial charge in [0.2, 0.25) is 0 Å². The van der Waals surface area contributed by atoms with Crippen LogP contribution in [-0.2, 0) is 0 Å². The lowest BCUT2D eigenvalue weighted by Crippen LogP contribution is -2.50. The van der Waals surface area contributed by atoms with E-state index in [1.807, 2.05) is 19.9 Å². The minimum atomic E-state index is -0.362. The van der Waals surface area contributed by atoms with E-state index < -0.39 is 0 Å². The molecule has 0 bridgehead atoms. The normalized spacial score (nSPS) is 14.8. The summed E-state index contributed by atoms with van der Waals surface area (Å²) in [5, 5.41) is 0. The third-order valence-electron chi connectivity index (χ3n) is 4.33. The number of hydrogen-bond acceptors (Lipinski definition) is 2. The van der Waals surface area contributed by atoms with Gasteiger partial charge in [0.1, 0.15) is 5.82 Å². The maximum atomic E-state index is 13.0. The number of aromatic nitrogens is 1. The first-order chi connectivity index (χ1) is 11.5. The van der Waals surface area contributed by atoms with Gasteiger partial charge in [-0.2, -0.15) is 0 Å². The molecule has 1 aliphatic rings. The SMILES string of the molecule is Cc1cc(C(=O)N2CCN(C(=O)c3ccc(F)cc3)CC2)c(C)[nH]1. The summed E-state index contributed by atoms with van der Waals surface area (Å²) in [6.07, 6.45) is 0. The number of aromatic amines is 1. The largest absolute Gasteiger partial charge is 0.362 e. The maximum absolute atomic E-state index is 13.0. The van der Waals surface area contributed by atoms with Crippen LogP contribution in [0.5, 0.6) is 0 Å². The first kappa shape index (κ1) is 16.2. The number of halogens is 1. The van der Waals surface area contributed by atoms with Crippen molar-refractivity contribution in [1.29, 1.82) is 0 Å². The van der Waals surface area contributed by atoms with Gasteiger partial charge in [-0.3, -0.25) is 9.59 Å². The lowest BCUT2D eigenvalue weighted by molar-refractivity contribution is 0.0535. The van der Waals surface area contributed by atoms with E-state index in [9.17, 15) is 14.0 Å². The van der Waals surface area contributed by atoms with Crippen LogP contribution in [0.1, 0.15) is 32.1 Å². The number of nitrogens with one attached hydrogen (secondary N) is 1. The lowest BCUT2D eigenvalue weighted by atomic mass is 10.1. The van der Waals surface area contributed by atoms with Crippen LogP contribution in [0.25, 0.3) is 0 Å². The molecule has 1 N–H and O–H groups in total. The van der Waals surface area contributed by atoms with Gasteiger partial charge in [-0.1, -0.05) is 0 Å². The predicted octanol–water partition coefficient (Wildman–Crippen LogP) is 2.37. The van der Waals surface area contributed by atoms with Crippen LogP contribution in [-0.4, -0.2) is 52.8 Å². The molecule has 1 aromatic heterocycles. The Morgan fingerprint density at radius 2 is 1.50 bits per heavy atom. The van der Waals surface area contributed by atoms with Gasteiger partial charge >= 0.3 is 0 Å². The molecule has 126 valence electrons. The quantitative estimate of drug-likeness (QED) is 0.920. The zero-order valence-corrected chi connectivity index (χ0v) is 13.8. The molecule has 0 aliphatic carbocycles. The summed E-state index contributed by atoms with van der Waals surface area (Å²) in [6, 6.07) is 7.39. The lowest BCUT2D eigenvalue weighted by Gasteiger charge is -2.34. The summed E-state index contributed by atoms with van der Waals surface area (Å²) in [4.78, 5) is 31.6. The molecule has 1 fully saturated rings. The summed E-state index contributed by atoms with van der Waals surface area (Å²) in [5.74, 6) is -0.499. The Kier molecular flexibility index (Phi) is 4.38. The first-order valence-corrected chi connectivity index (χ1v) is 7.96. The van der Waals surface area contributed by atoms with Gasteiger partial charge in [0.15, 0.2) is 0 Å². The highest BCUT2D eigenvalue weighted by Crippen LogP contribution is 2.15. The van der Waals surface area contributed by atoms with Crippen molar-refractivity contribution in [2.75, 3.05) is 26.2 Å². The Balaban J connectivity index is 1.63. The smallest absolute Gasteiger partial charge is 0.255 e. The average Bonchev–Trinajstić information content (AvgIpc) is 2.93. The van der Waals surface area contributed by atoms with Crippen molar-refractivity contribution >= 4 is 11.8 Å². The molecular formula is C18H20FN3O2. The molecule has 0 atom stereocenters. The summed E-state index contributed by atoms with van der Waals surface area (Å²) in [5.41, 5.74) is 2.97. The van der Waals surface area contributed by atoms with E-state index in [1.54, 1.807) is 9.80 Å². The van der Waals surface area contributed by atoms with Crippen molar-refractivity contribution in [3.8, 4) is 0 Å². The topological polar surface area (TPSA) is 56.4 Å². The second-order valence-corrected chi connectivity index (χ2v) is 6.08. The number of carbonyl (C=O) groups is 2. The summed E-state index contributed by atoms with van der Waals surface area (Å²) in [6.45, 7) is 5.75. The summed E-state index contributed by atoms with van der Waals surface area (Å²) in [7, 11) is 0. The molecular weight excluding hydrogens is 309 g/mol. The van der Waals surface area contributed by atoms with E-state index in [0.29, 0.717) is 37.3 Å². The Morgan fingerprint density at radius 3 is 2.00 bits per heavy atom. The van der Waals surface area contributed by atoms with Crippen LogP contribution in [0, 0.1) is 19.7 Å². The molecule has 24 heavy (non-hydrogen) atoms. The monoisotopic (exact) mass is 329 g/mol. The van der Waals surface area contributed by atoms with Crippen LogP contribution < -0.4 is 0 Å². The van der Waals surface area contributed by atoms with Crippen LogP contribution in [0.4, 0.5) is 4.39 Å². The number of H-pyrrole nitrogens is 1. The number of aryl methyl sites for hydroxylation is 2. The molecule has 0 unspecified atom stereocenters. The fourth-order valence-corrected chi connectivity index (χ4v) is 3.00. The van der Waals surface area contributed by atoms with Crippen molar-refractivity contribution in [2.45, 2.75) is 13.8 Å². The van der Waals surface area contributed by atoms with Crippen molar-refractivity contribution < 1.29 is 14.0 Å². The third kappa shape index (κ3) is 3.18. The van der Waals surface area contributed by atoms with Gasteiger partial charge in [-0.05, 0) is 44.2 Å². The van der Waals surface area contributed by atoms with Gasteiger partial charge in [-0.15, -0.1) is 0 Å². The molecule has 2 heterocycles. The van der Waals surface area contributed by atoms with Gasteiger partial charge in [0, 0.05) is 43.1 Å². The predicted molar refractivity (Wildman–Crippen MR) is 88.5 cm³/mol. The zero-order chi connectivity index (χ0) is 17.3. The standard InChI is InChI=1S/C18H20FN3O2/c1-12-11-16(13(2)20-12)18(24)22-9-7-21(8-10-22)17(23)14-3-5-15(19)6-4-14/h3-6,11,20H,7-10H2,1-2H3. The summed E-state index contributed by atoms with van der Waals surface area (Å²) < 4.78 is 13.0. The molecule has 0 spiro atoms. The van der Waals surface area contributed by atoms with E-state index in [0.717, 1.165) is 11.4 Å². The molecule has 5 nitrogen and oxygen atoms in total. The fraction of sp³-hybridized carbons (Fsp3) is 0.333. The fourth-order valence-electron chi connectivity index (χ4n) is 3.00. The number of amides is 2. The average molecular weight is 329 g/mol. The van der Waals surface area contributed by atoms with Gasteiger partial charge in [0.05, 0.1) is 5.56 Å². The Labute approximate surface area is 140 Å². The first-order valence-electron chi connectivity index (χ1n) is 7.96. The van der Waals surface area contributed by atoms with Gasteiger partial charge in [0.25, 0.3) is 11.8 Å². The molecule has 2 amide bonds. The maximum Gasteiger partial charge on any atom is 0.255 e. The van der Waals surface area contributed by atoms with Gasteiger partial charge in [-0.25, -0.2) is 4.39 Å². The van der Waals surface area contributed by atoms with E-state index in [2.05, 4.69) is 4.98 Å². The highest BCUT2D eigenvalue weighted by atomic mass is 19.1. The third-order valence-corrected chi connectivity index (χ3v) is 4.33. The van der Waals surface area contributed by atoms with E-state index in [1.165, 1.54) is 24.3 Å². The van der Waals surface area contributed by atoms with Crippen LogP contribution in [0.15, 0.2) is 30.3 Å². The number of piperazine rings is 1. The Morgan fingerprint density at radius 1 is 0.958 bits per heavy atom. The summed E-state index contributed by atoms with van der Waals surface area (Å²) >= 11 is 0. The van der Waals surface area contributed by atoms with E-state index in [-0.39, 0.29) is 17.6 Å². The molecule has 0 saturated carbocycles. The van der Waals surface area contributed by atoms with Crippen molar-refractivity contribution in [3.05, 3.63) is 58.7 Å². The molecule has 6 heteroatoms. The minimum Gasteiger partial charge on any atom is -0.362 e. The number of rotatable bonds is 2. The zero-order valence-electron chi connectivity index (χ0n) is 13.8. The Bertz CT molecular complexity index is 759. The molecule has 1 saturated heterocycles. The van der Waals surface area contributed by atoms with Crippen LogP contribution in [0.2, 0.25) is 0 Å². The molecule has 1 aromatic carbocycles. The second-order valence-electron chi connectivity index (χ2n) is 6.08. The minimum absolute atomic E-state index is 0.00858. The van der Waals surface area contributed by atoms with Crippen molar-refractivity contribution in [2.24, 2.45) is 0 Å². The van der Waals surface area contributed by atoms with Crippen molar-refractivity contribution in [3.63, 3.8) is 0 Å². The van der Waals surface area contributed by atoms with E-state index >= 15 is 0 Å². The molecule has 1 aliphatic heterocycles. The van der Waals surface area contributed by atoms with Crippen LogP contribution >= 0.6 is 0 Å². The van der Waals surface area contributed by atoms with E-state index in [4.69, 9.17) is 0 Å². The number of carbonyl (C=O) groups excluding carboxylic acids is 2.